The van der Waals surface area contributed by atoms with E-state index in [-0.39, 0.29) is 0 Å². The smallest absolute Gasteiger partial charge is 0.229 e. The molecule has 10 nitrogen and oxygen atoms in total. The van der Waals surface area contributed by atoms with Gasteiger partial charge in [-0.25, -0.2) is 4.98 Å². The Morgan fingerprint density at radius 2 is 1.74 bits per heavy atom. The van der Waals surface area contributed by atoms with E-state index in [0.717, 1.165) is 11.4 Å². The van der Waals surface area contributed by atoms with Gasteiger partial charge in [0.25, 0.3) is 0 Å². The van der Waals surface area contributed by atoms with E-state index in [0.29, 0.717) is 59.2 Å². The topological polar surface area (TPSA) is 110 Å². The number of carbonyl (C=O) groups is 1. The number of ether oxygens (including phenoxy) is 3. The summed E-state index contributed by atoms with van der Waals surface area (Å²) in [6.45, 7) is 1.05. The fourth-order valence-corrected chi connectivity index (χ4v) is 3.91. The number of hydrogen-bond donors (Lipinski definition) is 3. The van der Waals surface area contributed by atoms with E-state index in [4.69, 9.17) is 25.8 Å². The minimum absolute atomic E-state index is 0.326. The van der Waals surface area contributed by atoms with Gasteiger partial charge in [-0.05, 0) is 24.3 Å². The summed E-state index contributed by atoms with van der Waals surface area (Å²) in [6.07, 6.45) is 4.14. The normalized spacial score (nSPS) is 10.3. The summed E-state index contributed by atoms with van der Waals surface area (Å²) < 4.78 is 18.1. The quantitative estimate of drug-likeness (QED) is 0.170. The molecular weight excluding hydrogens is 492 g/mol. The molecule has 0 saturated heterocycles. The van der Waals surface area contributed by atoms with Gasteiger partial charge >= 0.3 is 0 Å². The van der Waals surface area contributed by atoms with Crippen molar-refractivity contribution in [2.24, 2.45) is 0 Å². The number of halogens is 1. The number of nitrogens with one attached hydrogen (secondary N) is 3. The molecule has 0 spiro atoms. The first-order valence-corrected chi connectivity index (χ1v) is 12.0. The molecule has 0 aliphatic heterocycles. The zero-order chi connectivity index (χ0) is 25.2. The predicted octanol–water partition coefficient (Wildman–Crippen LogP) is 4.47. The predicted molar refractivity (Wildman–Crippen MR) is 141 cm³/mol. The highest BCUT2D eigenvalue weighted by Crippen LogP contribution is 2.37. The highest BCUT2D eigenvalue weighted by atomic mass is 35.5. The van der Waals surface area contributed by atoms with Crippen LogP contribution in [0.25, 0.3) is 0 Å². The lowest BCUT2D eigenvalue weighted by atomic mass is 10.2. The van der Waals surface area contributed by atoms with E-state index in [2.05, 4.69) is 25.9 Å². The van der Waals surface area contributed by atoms with Crippen molar-refractivity contribution >= 4 is 58.8 Å². The van der Waals surface area contributed by atoms with E-state index in [9.17, 15) is 4.79 Å². The monoisotopic (exact) mass is 518 g/mol. The van der Waals surface area contributed by atoms with Crippen molar-refractivity contribution in [3.8, 4) is 17.2 Å². The summed E-state index contributed by atoms with van der Waals surface area (Å²) in [7, 11) is 4.77. The molecule has 2 aromatic carbocycles. The van der Waals surface area contributed by atoms with E-state index >= 15 is 0 Å². The molecule has 0 atom stereocenters. The summed E-state index contributed by atoms with van der Waals surface area (Å²) in [5, 5.41) is 9.47. The van der Waals surface area contributed by atoms with Crippen molar-refractivity contribution < 1.29 is 19.0 Å². The van der Waals surface area contributed by atoms with Crippen LogP contribution in [0, 0.1) is 0 Å². The highest BCUT2D eigenvalue weighted by Gasteiger charge is 2.16. The van der Waals surface area contributed by atoms with Gasteiger partial charge in [0.2, 0.25) is 12.4 Å². The molecule has 3 rings (SSSR count). The van der Waals surface area contributed by atoms with E-state index < -0.39 is 0 Å². The van der Waals surface area contributed by atoms with Crippen LogP contribution in [0.4, 0.5) is 28.8 Å². The SMILES string of the molecule is COc1ccc(Nc2ncc(Cl)c(Nc3ccc(OC)cc3N(CCNC=O)SC)n2)c(OC)c1. The van der Waals surface area contributed by atoms with Crippen molar-refractivity contribution in [2.45, 2.75) is 0 Å². The molecular formula is C23H27ClN6O4S. The molecule has 1 heterocycles. The number of hydrogen-bond acceptors (Lipinski definition) is 10. The maximum Gasteiger partial charge on any atom is 0.229 e. The van der Waals surface area contributed by atoms with Gasteiger partial charge in [0.05, 0.1) is 44.6 Å². The van der Waals surface area contributed by atoms with Crippen molar-refractivity contribution in [3.63, 3.8) is 0 Å². The van der Waals surface area contributed by atoms with Crippen LogP contribution in [0.3, 0.4) is 0 Å². The number of rotatable bonds is 13. The third-order valence-electron chi connectivity index (χ3n) is 4.89. The number of anilines is 5. The Kier molecular flexibility index (Phi) is 9.50. The first kappa shape index (κ1) is 26.0. The van der Waals surface area contributed by atoms with Gasteiger partial charge in [-0.2, -0.15) is 4.98 Å². The summed E-state index contributed by atoms with van der Waals surface area (Å²) in [5.74, 6) is 2.67. The molecule has 0 radical (unpaired) electrons. The number of aromatic nitrogens is 2. The summed E-state index contributed by atoms with van der Waals surface area (Å²) >= 11 is 7.94. The average molecular weight is 519 g/mol. The first-order chi connectivity index (χ1) is 17.0. The van der Waals surface area contributed by atoms with Gasteiger partial charge in [-0.3, -0.25) is 4.79 Å². The highest BCUT2D eigenvalue weighted by molar-refractivity contribution is 8.00. The molecule has 0 aliphatic carbocycles. The second-order valence-electron chi connectivity index (χ2n) is 6.95. The minimum Gasteiger partial charge on any atom is -0.497 e. The Balaban J connectivity index is 1.90. The maximum atomic E-state index is 10.7. The third kappa shape index (κ3) is 6.74. The van der Waals surface area contributed by atoms with E-state index in [1.54, 1.807) is 33.5 Å². The van der Waals surface area contributed by atoms with Crippen LogP contribution in [0.2, 0.25) is 5.02 Å². The van der Waals surface area contributed by atoms with Gasteiger partial charge in [0.1, 0.15) is 22.3 Å². The van der Waals surface area contributed by atoms with Crippen LogP contribution < -0.4 is 34.5 Å². The fraction of sp³-hybridized carbons (Fsp3) is 0.261. The Hall–Kier alpha value is -3.57. The lowest BCUT2D eigenvalue weighted by molar-refractivity contribution is -0.109. The molecule has 1 aromatic heterocycles. The van der Waals surface area contributed by atoms with Crippen LogP contribution in [0.15, 0.2) is 42.6 Å². The Morgan fingerprint density at radius 3 is 2.40 bits per heavy atom. The van der Waals surface area contributed by atoms with Gasteiger partial charge in [0, 0.05) is 31.5 Å². The van der Waals surface area contributed by atoms with E-state index in [1.807, 2.05) is 34.8 Å². The molecule has 3 N–H and O–H groups in total. The van der Waals surface area contributed by atoms with Gasteiger partial charge in [-0.1, -0.05) is 23.5 Å². The Labute approximate surface area is 213 Å². The zero-order valence-electron chi connectivity index (χ0n) is 19.8. The number of benzene rings is 2. The number of amides is 1. The van der Waals surface area contributed by atoms with Crippen molar-refractivity contribution in [2.75, 3.05) is 55.6 Å². The molecule has 186 valence electrons. The molecule has 0 unspecified atom stereocenters. The van der Waals surface area contributed by atoms with Crippen molar-refractivity contribution in [1.82, 2.24) is 15.3 Å². The number of carbonyl (C=O) groups excluding carboxylic acids is 1. The number of nitrogens with zero attached hydrogens (tertiary/aromatic N) is 3. The van der Waals surface area contributed by atoms with Gasteiger partial charge in [-0.15, -0.1) is 0 Å². The van der Waals surface area contributed by atoms with Crippen molar-refractivity contribution in [3.05, 3.63) is 47.6 Å². The largest absolute Gasteiger partial charge is 0.497 e. The van der Waals surface area contributed by atoms with Crippen LogP contribution in [0.1, 0.15) is 0 Å². The van der Waals surface area contributed by atoms with Crippen LogP contribution in [-0.4, -0.2) is 57.1 Å². The van der Waals surface area contributed by atoms with E-state index in [1.165, 1.54) is 18.1 Å². The molecule has 0 bridgehead atoms. The second-order valence-corrected chi connectivity index (χ2v) is 8.16. The fourth-order valence-electron chi connectivity index (χ4n) is 3.15. The number of methoxy groups -OCH3 is 3. The molecule has 3 aromatic rings. The molecule has 0 saturated carbocycles. The minimum atomic E-state index is 0.326. The standard InChI is InChI=1S/C23H27ClN6O4S/c1-32-15-5-7-18(20(11-15)30(35-4)10-9-25-14-31)27-22-17(24)13-26-23(29-22)28-19-8-6-16(33-2)12-21(19)34-3/h5-8,11-14H,9-10H2,1-4H3,(H,25,31)(H2,26,27,28,29). The van der Waals surface area contributed by atoms with Crippen LogP contribution >= 0.6 is 23.5 Å². The third-order valence-corrected chi connectivity index (χ3v) is 5.99. The Morgan fingerprint density at radius 1 is 1.03 bits per heavy atom. The molecule has 0 fully saturated rings. The molecule has 35 heavy (non-hydrogen) atoms. The molecule has 1 amide bonds. The molecule has 0 aliphatic rings. The summed E-state index contributed by atoms with van der Waals surface area (Å²) in [4.78, 5) is 19.5. The van der Waals surface area contributed by atoms with Gasteiger partial charge < -0.3 is 34.5 Å². The average Bonchev–Trinajstić information content (AvgIpc) is 2.89. The summed E-state index contributed by atoms with van der Waals surface area (Å²) in [6, 6.07) is 11.0. The molecule has 12 heteroatoms. The lowest BCUT2D eigenvalue weighted by Gasteiger charge is -2.25. The van der Waals surface area contributed by atoms with Crippen LogP contribution in [-0.2, 0) is 4.79 Å². The van der Waals surface area contributed by atoms with Crippen LogP contribution in [0.5, 0.6) is 17.2 Å². The second kappa shape index (κ2) is 12.8. The Bertz CT molecular complexity index is 1150. The summed E-state index contributed by atoms with van der Waals surface area (Å²) in [5.41, 5.74) is 2.26. The zero-order valence-corrected chi connectivity index (χ0v) is 21.4. The van der Waals surface area contributed by atoms with Crippen molar-refractivity contribution in [1.29, 1.82) is 0 Å². The lowest BCUT2D eigenvalue weighted by Crippen LogP contribution is -2.27. The first-order valence-electron chi connectivity index (χ1n) is 10.5. The van der Waals surface area contributed by atoms with Gasteiger partial charge in [0.15, 0.2) is 5.82 Å². The maximum absolute atomic E-state index is 10.7.